The van der Waals surface area contributed by atoms with Crippen LogP contribution >= 0.6 is 0 Å². The zero-order valence-electron chi connectivity index (χ0n) is 17.7. The molecule has 7 heteroatoms. The van der Waals surface area contributed by atoms with Gasteiger partial charge < -0.3 is 15.1 Å². The smallest absolute Gasteiger partial charge is 0.291 e. The van der Waals surface area contributed by atoms with Gasteiger partial charge >= 0.3 is 0 Å². The van der Waals surface area contributed by atoms with E-state index >= 15 is 0 Å². The predicted molar refractivity (Wildman–Crippen MR) is 121 cm³/mol. The van der Waals surface area contributed by atoms with E-state index in [0.29, 0.717) is 30.8 Å². The van der Waals surface area contributed by atoms with Crippen molar-refractivity contribution in [1.29, 1.82) is 0 Å². The molecular formula is C25H24N4O3. The number of nitrogens with one attached hydrogen (secondary N) is 2. The first-order valence-corrected chi connectivity index (χ1v) is 10.4. The summed E-state index contributed by atoms with van der Waals surface area (Å²) in [6, 6.07) is 20.6. The summed E-state index contributed by atoms with van der Waals surface area (Å²) in [5.74, 6) is -0.215. The Balaban J connectivity index is 1.36. The molecule has 32 heavy (non-hydrogen) atoms. The maximum atomic E-state index is 12.8. The molecule has 0 atom stereocenters. The minimum atomic E-state index is -0.310. The van der Waals surface area contributed by atoms with E-state index in [2.05, 4.69) is 15.7 Å². The molecule has 2 amide bonds. The van der Waals surface area contributed by atoms with E-state index < -0.39 is 0 Å². The van der Waals surface area contributed by atoms with Crippen LogP contribution in [0.2, 0.25) is 0 Å². The molecule has 2 aromatic heterocycles. The van der Waals surface area contributed by atoms with Crippen LogP contribution in [0.5, 0.6) is 0 Å². The minimum absolute atomic E-state index is 0.156. The molecule has 0 aliphatic carbocycles. The third-order valence-electron chi connectivity index (χ3n) is 5.11. The van der Waals surface area contributed by atoms with Gasteiger partial charge in [-0.3, -0.25) is 14.3 Å². The summed E-state index contributed by atoms with van der Waals surface area (Å²) in [5, 5.41) is 10.2. The van der Waals surface area contributed by atoms with Gasteiger partial charge in [-0.15, -0.1) is 0 Å². The number of hydrogen-bond donors (Lipinski definition) is 2. The zero-order chi connectivity index (χ0) is 22.3. The first-order chi connectivity index (χ1) is 15.6. The number of benzene rings is 2. The Morgan fingerprint density at radius 1 is 0.938 bits per heavy atom. The lowest BCUT2D eigenvalue weighted by Gasteiger charge is -2.09. The lowest BCUT2D eigenvalue weighted by molar-refractivity contribution is 0.0948. The first kappa shape index (κ1) is 21.1. The molecule has 2 heterocycles. The maximum absolute atomic E-state index is 12.8. The van der Waals surface area contributed by atoms with Crippen LogP contribution in [0.4, 0.5) is 5.69 Å². The van der Waals surface area contributed by atoms with E-state index in [1.807, 2.05) is 54.1 Å². The molecule has 0 bridgehead atoms. The molecule has 0 fully saturated rings. The number of carbonyl (C=O) groups is 2. The second-order valence-corrected chi connectivity index (χ2v) is 7.31. The van der Waals surface area contributed by atoms with Crippen molar-refractivity contribution < 1.29 is 14.0 Å². The summed E-state index contributed by atoms with van der Waals surface area (Å²) in [6.45, 7) is 3.02. The number of hydrogen-bond acceptors (Lipinski definition) is 4. The van der Waals surface area contributed by atoms with Gasteiger partial charge in [0, 0.05) is 12.2 Å². The van der Waals surface area contributed by atoms with Crippen LogP contribution in [-0.2, 0) is 19.5 Å². The van der Waals surface area contributed by atoms with Gasteiger partial charge in [-0.2, -0.15) is 5.10 Å². The number of amides is 2. The molecule has 4 rings (SSSR count). The van der Waals surface area contributed by atoms with Gasteiger partial charge in [0.05, 0.1) is 30.3 Å². The topological polar surface area (TPSA) is 89.2 Å². The van der Waals surface area contributed by atoms with Crippen molar-refractivity contribution in [3.63, 3.8) is 0 Å². The van der Waals surface area contributed by atoms with Crippen LogP contribution < -0.4 is 10.6 Å². The Bertz CT molecular complexity index is 1180. The summed E-state index contributed by atoms with van der Waals surface area (Å²) in [6.07, 6.45) is 3.79. The maximum Gasteiger partial charge on any atom is 0.291 e. The fourth-order valence-electron chi connectivity index (χ4n) is 3.45. The quantitative estimate of drug-likeness (QED) is 0.439. The molecule has 0 spiro atoms. The number of aromatic nitrogens is 2. The third-order valence-corrected chi connectivity index (χ3v) is 5.11. The lowest BCUT2D eigenvalue weighted by atomic mass is 10.1. The van der Waals surface area contributed by atoms with E-state index in [-0.39, 0.29) is 17.6 Å². The highest BCUT2D eigenvalue weighted by atomic mass is 16.3. The molecule has 0 saturated carbocycles. The van der Waals surface area contributed by atoms with E-state index in [4.69, 9.17) is 4.42 Å². The molecule has 162 valence electrons. The number of rotatable bonds is 8. The van der Waals surface area contributed by atoms with Gasteiger partial charge in [0.1, 0.15) is 0 Å². The van der Waals surface area contributed by atoms with Gasteiger partial charge in [0.2, 0.25) is 0 Å². The summed E-state index contributed by atoms with van der Waals surface area (Å²) in [5.41, 5.74) is 4.20. The molecule has 0 unspecified atom stereocenters. The zero-order valence-corrected chi connectivity index (χ0v) is 17.7. The highest BCUT2D eigenvalue weighted by molar-refractivity contribution is 6.02. The van der Waals surface area contributed by atoms with E-state index in [0.717, 1.165) is 16.8 Å². The van der Waals surface area contributed by atoms with Crippen molar-refractivity contribution in [2.24, 2.45) is 0 Å². The standard InChI is InChI=1S/C25H24N4O3/c1-2-22-21(16-27-29(22)17-19-7-4-3-5-8-19)24(30)26-15-18-10-12-20(13-11-18)28-25(31)23-9-6-14-32-23/h3-14,16H,2,15,17H2,1H3,(H,26,30)(H,28,31). The molecular weight excluding hydrogens is 404 g/mol. The van der Waals surface area contributed by atoms with E-state index in [1.165, 1.54) is 6.26 Å². The monoisotopic (exact) mass is 428 g/mol. The summed E-state index contributed by atoms with van der Waals surface area (Å²) >= 11 is 0. The average Bonchev–Trinajstić information content (AvgIpc) is 3.49. The van der Waals surface area contributed by atoms with Gasteiger partial charge in [-0.05, 0) is 41.8 Å². The second-order valence-electron chi connectivity index (χ2n) is 7.31. The molecule has 7 nitrogen and oxygen atoms in total. The van der Waals surface area contributed by atoms with Crippen LogP contribution in [0.3, 0.4) is 0 Å². The van der Waals surface area contributed by atoms with Crippen molar-refractivity contribution in [2.75, 3.05) is 5.32 Å². The predicted octanol–water partition coefficient (Wildman–Crippen LogP) is 4.27. The molecule has 2 aromatic carbocycles. The van der Waals surface area contributed by atoms with Crippen LogP contribution in [0.25, 0.3) is 0 Å². The summed E-state index contributed by atoms with van der Waals surface area (Å²) in [4.78, 5) is 24.8. The normalized spacial score (nSPS) is 10.7. The van der Waals surface area contributed by atoms with Crippen LogP contribution in [0.15, 0.2) is 83.6 Å². The van der Waals surface area contributed by atoms with Crippen molar-refractivity contribution in [3.8, 4) is 0 Å². The highest BCUT2D eigenvalue weighted by Gasteiger charge is 2.16. The Kier molecular flexibility index (Phi) is 6.46. The second kappa shape index (κ2) is 9.78. The first-order valence-electron chi connectivity index (χ1n) is 10.4. The Labute approximate surface area is 186 Å². The number of nitrogens with zero attached hydrogens (tertiary/aromatic N) is 2. The van der Waals surface area contributed by atoms with Crippen molar-refractivity contribution >= 4 is 17.5 Å². The van der Waals surface area contributed by atoms with Crippen LogP contribution in [0.1, 0.15) is 44.7 Å². The van der Waals surface area contributed by atoms with Crippen LogP contribution in [0, 0.1) is 0 Å². The van der Waals surface area contributed by atoms with E-state index in [1.54, 1.807) is 30.5 Å². The Hall–Kier alpha value is -4.13. The number of furan rings is 1. The van der Waals surface area contributed by atoms with Crippen molar-refractivity contribution in [1.82, 2.24) is 15.1 Å². The van der Waals surface area contributed by atoms with E-state index in [9.17, 15) is 9.59 Å². The van der Waals surface area contributed by atoms with Gasteiger partial charge in [-0.25, -0.2) is 0 Å². The summed E-state index contributed by atoms with van der Waals surface area (Å²) < 4.78 is 6.96. The Morgan fingerprint density at radius 3 is 2.41 bits per heavy atom. The van der Waals surface area contributed by atoms with Crippen molar-refractivity contribution in [2.45, 2.75) is 26.4 Å². The Morgan fingerprint density at radius 2 is 1.72 bits per heavy atom. The molecule has 4 aromatic rings. The molecule has 0 radical (unpaired) electrons. The number of anilines is 1. The summed E-state index contributed by atoms with van der Waals surface area (Å²) in [7, 11) is 0. The largest absolute Gasteiger partial charge is 0.459 e. The molecule has 0 aliphatic heterocycles. The fourth-order valence-corrected chi connectivity index (χ4v) is 3.45. The number of carbonyl (C=O) groups excluding carboxylic acids is 2. The molecule has 2 N–H and O–H groups in total. The highest BCUT2D eigenvalue weighted by Crippen LogP contribution is 2.14. The van der Waals surface area contributed by atoms with Crippen molar-refractivity contribution in [3.05, 3.63) is 107 Å². The average molecular weight is 428 g/mol. The van der Waals surface area contributed by atoms with Gasteiger partial charge in [-0.1, -0.05) is 49.4 Å². The fraction of sp³-hybridized carbons (Fsp3) is 0.160. The lowest BCUT2D eigenvalue weighted by Crippen LogP contribution is -2.24. The SMILES string of the molecule is CCc1c(C(=O)NCc2ccc(NC(=O)c3ccco3)cc2)cnn1Cc1ccccc1. The van der Waals surface area contributed by atoms with Gasteiger partial charge in [0.25, 0.3) is 11.8 Å². The van der Waals surface area contributed by atoms with Crippen LogP contribution in [-0.4, -0.2) is 21.6 Å². The molecule has 0 saturated heterocycles. The molecule has 0 aliphatic rings. The minimum Gasteiger partial charge on any atom is -0.459 e. The third kappa shape index (κ3) is 4.95. The van der Waals surface area contributed by atoms with Gasteiger partial charge in [0.15, 0.2) is 5.76 Å².